The molecule has 4 rings (SSSR count). The summed E-state index contributed by atoms with van der Waals surface area (Å²) >= 11 is 0. The summed E-state index contributed by atoms with van der Waals surface area (Å²) in [6, 6.07) is 29.1. The molecule has 0 aliphatic rings. The fourth-order valence-electron chi connectivity index (χ4n) is 2.68. The Morgan fingerprint density at radius 2 is 1.12 bits per heavy atom. The van der Waals surface area contributed by atoms with Crippen molar-refractivity contribution in [2.24, 2.45) is 0 Å². The molecule has 0 aromatic heterocycles. The fourth-order valence-corrected chi connectivity index (χ4v) is 2.68. The second-order valence-corrected chi connectivity index (χ2v) is 5.70. The van der Waals surface area contributed by atoms with E-state index >= 15 is 0 Å². The smallest absolute Gasteiger partial charge is 0.169 e. The van der Waals surface area contributed by atoms with E-state index in [1.54, 1.807) is 0 Å². The number of fused-ring (bicyclic) bond motifs is 1. The SMILES string of the molecule is Nc1ccc(Oc2ccccc2Oc2cccc3ccccc23)cc1. The number of benzene rings is 4. The van der Waals surface area contributed by atoms with E-state index in [0.717, 1.165) is 16.5 Å². The Balaban J connectivity index is 1.68. The van der Waals surface area contributed by atoms with Gasteiger partial charge in [0, 0.05) is 11.1 Å². The molecule has 4 aromatic carbocycles. The Hall–Kier alpha value is -3.46. The summed E-state index contributed by atoms with van der Waals surface area (Å²) in [5.74, 6) is 2.82. The van der Waals surface area contributed by atoms with Crippen LogP contribution in [0.2, 0.25) is 0 Å². The van der Waals surface area contributed by atoms with Crippen molar-refractivity contribution in [3.63, 3.8) is 0 Å². The number of anilines is 1. The summed E-state index contributed by atoms with van der Waals surface area (Å²) in [6.45, 7) is 0. The van der Waals surface area contributed by atoms with Gasteiger partial charge in [-0.15, -0.1) is 0 Å². The van der Waals surface area contributed by atoms with Crippen molar-refractivity contribution >= 4 is 16.5 Å². The molecule has 0 amide bonds. The van der Waals surface area contributed by atoms with E-state index in [-0.39, 0.29) is 0 Å². The average Bonchev–Trinajstić information content (AvgIpc) is 2.65. The first-order chi connectivity index (χ1) is 12.3. The molecular formula is C22H17NO2. The molecule has 0 spiro atoms. The zero-order valence-corrected chi connectivity index (χ0v) is 13.6. The number of nitrogens with two attached hydrogens (primary N) is 1. The van der Waals surface area contributed by atoms with Crippen molar-refractivity contribution in [2.75, 3.05) is 5.73 Å². The van der Waals surface area contributed by atoms with Gasteiger partial charge in [0.15, 0.2) is 11.5 Å². The van der Waals surface area contributed by atoms with Crippen molar-refractivity contribution in [1.82, 2.24) is 0 Å². The highest BCUT2D eigenvalue weighted by Gasteiger charge is 2.09. The second kappa shape index (κ2) is 6.57. The average molecular weight is 327 g/mol. The van der Waals surface area contributed by atoms with Gasteiger partial charge in [0.25, 0.3) is 0 Å². The highest BCUT2D eigenvalue weighted by molar-refractivity contribution is 5.88. The third-order valence-corrected chi connectivity index (χ3v) is 3.93. The van der Waals surface area contributed by atoms with Crippen LogP contribution in [0.1, 0.15) is 0 Å². The van der Waals surface area contributed by atoms with Crippen molar-refractivity contribution in [3.8, 4) is 23.0 Å². The molecule has 0 radical (unpaired) electrons. The standard InChI is InChI=1S/C22H17NO2/c23-17-12-14-18(15-13-17)24-21-9-3-4-10-22(21)25-20-11-5-7-16-6-1-2-8-19(16)20/h1-15H,23H2. The van der Waals surface area contributed by atoms with Crippen molar-refractivity contribution < 1.29 is 9.47 Å². The molecule has 0 atom stereocenters. The van der Waals surface area contributed by atoms with Crippen LogP contribution in [0.3, 0.4) is 0 Å². The predicted molar refractivity (Wildman–Crippen MR) is 101 cm³/mol. The van der Waals surface area contributed by atoms with Gasteiger partial charge < -0.3 is 15.2 Å². The fraction of sp³-hybridized carbons (Fsp3) is 0. The monoisotopic (exact) mass is 327 g/mol. The molecule has 122 valence electrons. The first-order valence-electron chi connectivity index (χ1n) is 8.08. The number of nitrogen functional groups attached to an aromatic ring is 1. The van der Waals surface area contributed by atoms with Gasteiger partial charge in [-0.25, -0.2) is 0 Å². The number of hydrogen-bond acceptors (Lipinski definition) is 3. The van der Waals surface area contributed by atoms with Crippen LogP contribution in [-0.4, -0.2) is 0 Å². The van der Waals surface area contributed by atoms with Crippen LogP contribution in [0.15, 0.2) is 91.0 Å². The number of ether oxygens (including phenoxy) is 2. The minimum atomic E-state index is 0.653. The lowest BCUT2D eigenvalue weighted by atomic mass is 10.1. The van der Waals surface area contributed by atoms with Gasteiger partial charge in [0.2, 0.25) is 0 Å². The van der Waals surface area contributed by atoms with E-state index in [1.165, 1.54) is 0 Å². The van der Waals surface area contributed by atoms with Crippen molar-refractivity contribution in [1.29, 1.82) is 0 Å². The zero-order chi connectivity index (χ0) is 17.1. The summed E-state index contributed by atoms with van der Waals surface area (Å²) in [5, 5.41) is 2.20. The zero-order valence-electron chi connectivity index (χ0n) is 13.6. The van der Waals surface area contributed by atoms with E-state index in [4.69, 9.17) is 15.2 Å². The quantitative estimate of drug-likeness (QED) is 0.467. The molecule has 0 aliphatic carbocycles. The lowest BCUT2D eigenvalue weighted by molar-refractivity contribution is 0.421. The van der Waals surface area contributed by atoms with Gasteiger partial charge >= 0.3 is 0 Å². The maximum absolute atomic E-state index is 6.17. The van der Waals surface area contributed by atoms with Gasteiger partial charge in [0.05, 0.1) is 0 Å². The summed E-state index contributed by atoms with van der Waals surface area (Å²) in [7, 11) is 0. The largest absolute Gasteiger partial charge is 0.453 e. The van der Waals surface area contributed by atoms with Gasteiger partial charge in [0.1, 0.15) is 11.5 Å². The molecule has 0 bridgehead atoms. The second-order valence-electron chi connectivity index (χ2n) is 5.70. The topological polar surface area (TPSA) is 44.5 Å². The molecule has 3 heteroatoms. The van der Waals surface area contributed by atoms with E-state index in [0.29, 0.717) is 22.9 Å². The van der Waals surface area contributed by atoms with Crippen LogP contribution in [0.4, 0.5) is 5.69 Å². The molecule has 0 aliphatic heterocycles. The van der Waals surface area contributed by atoms with Gasteiger partial charge in [-0.1, -0.05) is 48.5 Å². The Bertz CT molecular complexity index is 1000. The summed E-state index contributed by atoms with van der Waals surface area (Å²) in [4.78, 5) is 0. The third-order valence-electron chi connectivity index (χ3n) is 3.93. The Morgan fingerprint density at radius 1 is 0.520 bits per heavy atom. The van der Waals surface area contributed by atoms with Gasteiger partial charge in [-0.2, -0.15) is 0 Å². The molecule has 2 N–H and O–H groups in total. The first kappa shape index (κ1) is 15.1. The molecule has 0 saturated heterocycles. The van der Waals surface area contributed by atoms with E-state index in [9.17, 15) is 0 Å². The van der Waals surface area contributed by atoms with E-state index < -0.39 is 0 Å². The Labute approximate surface area is 146 Å². The molecule has 0 heterocycles. The highest BCUT2D eigenvalue weighted by Crippen LogP contribution is 2.37. The van der Waals surface area contributed by atoms with Crippen LogP contribution >= 0.6 is 0 Å². The van der Waals surface area contributed by atoms with Crippen LogP contribution in [0.5, 0.6) is 23.0 Å². The van der Waals surface area contributed by atoms with Crippen LogP contribution < -0.4 is 15.2 Å². The molecular weight excluding hydrogens is 310 g/mol. The predicted octanol–water partition coefficient (Wildman–Crippen LogP) is 6.01. The van der Waals surface area contributed by atoms with Crippen LogP contribution in [0, 0.1) is 0 Å². The normalized spacial score (nSPS) is 10.6. The van der Waals surface area contributed by atoms with Crippen molar-refractivity contribution in [2.45, 2.75) is 0 Å². The lowest BCUT2D eigenvalue weighted by Crippen LogP contribution is -1.91. The minimum Gasteiger partial charge on any atom is -0.453 e. The minimum absolute atomic E-state index is 0.653. The first-order valence-corrected chi connectivity index (χ1v) is 8.08. The summed E-state index contributed by atoms with van der Waals surface area (Å²) < 4.78 is 12.1. The maximum atomic E-state index is 6.17. The van der Waals surface area contributed by atoms with Crippen molar-refractivity contribution in [3.05, 3.63) is 91.0 Å². The van der Waals surface area contributed by atoms with Crippen LogP contribution in [0.25, 0.3) is 10.8 Å². The van der Waals surface area contributed by atoms with E-state index in [2.05, 4.69) is 12.1 Å². The van der Waals surface area contributed by atoms with Gasteiger partial charge in [-0.05, 0) is 47.9 Å². The van der Waals surface area contributed by atoms with E-state index in [1.807, 2.05) is 78.9 Å². The molecule has 4 aromatic rings. The molecule has 0 unspecified atom stereocenters. The number of rotatable bonds is 4. The summed E-state index contributed by atoms with van der Waals surface area (Å²) in [6.07, 6.45) is 0. The molecule has 0 fully saturated rings. The summed E-state index contributed by atoms with van der Waals surface area (Å²) in [5.41, 5.74) is 6.43. The molecule has 3 nitrogen and oxygen atoms in total. The Kier molecular flexibility index (Phi) is 3.97. The molecule has 0 saturated carbocycles. The number of hydrogen-bond donors (Lipinski definition) is 1. The highest BCUT2D eigenvalue weighted by atomic mass is 16.5. The number of para-hydroxylation sites is 2. The lowest BCUT2D eigenvalue weighted by Gasteiger charge is -2.13. The molecule has 25 heavy (non-hydrogen) atoms. The van der Waals surface area contributed by atoms with Crippen LogP contribution in [-0.2, 0) is 0 Å². The Morgan fingerprint density at radius 3 is 1.92 bits per heavy atom. The van der Waals surface area contributed by atoms with Gasteiger partial charge in [-0.3, -0.25) is 0 Å². The third kappa shape index (κ3) is 3.26. The maximum Gasteiger partial charge on any atom is 0.169 e.